The molecule has 2 heterocycles. The van der Waals surface area contributed by atoms with Gasteiger partial charge in [-0.1, -0.05) is 65.9 Å². The number of carbonyl (C=O) groups excluding carboxylic acids is 1. The van der Waals surface area contributed by atoms with Gasteiger partial charge in [-0.3, -0.25) is 9.69 Å². The van der Waals surface area contributed by atoms with Crippen molar-refractivity contribution in [2.75, 3.05) is 4.90 Å². The summed E-state index contributed by atoms with van der Waals surface area (Å²) in [5, 5.41) is 0.653. The number of rotatable bonds is 4. The van der Waals surface area contributed by atoms with Crippen LogP contribution < -0.4 is 14.4 Å². The quantitative estimate of drug-likeness (QED) is 0.467. The maximum atomic E-state index is 13.7. The molecule has 1 aliphatic rings. The van der Waals surface area contributed by atoms with Crippen molar-refractivity contribution in [1.82, 2.24) is 4.98 Å². The number of anilines is 1. The summed E-state index contributed by atoms with van der Waals surface area (Å²) in [5.74, 6) is 1.07. The number of hydrogen-bond acceptors (Lipinski definition) is 5. The monoisotopic (exact) mass is 416 g/mol. The molecule has 3 aromatic carbocycles. The molecule has 4 aromatic rings. The number of thiazole rings is 1. The molecule has 5 nitrogen and oxygen atoms in total. The number of benzene rings is 3. The molecule has 5 rings (SSSR count). The second-order valence-corrected chi connectivity index (χ2v) is 8.19. The lowest BCUT2D eigenvalue weighted by molar-refractivity contribution is -0.130. The Balaban J connectivity index is 1.51. The van der Waals surface area contributed by atoms with Gasteiger partial charge in [-0.2, -0.15) is 0 Å². The minimum atomic E-state index is -0.754. The van der Waals surface area contributed by atoms with Crippen LogP contribution in [-0.2, 0) is 11.3 Å². The Kier molecular flexibility index (Phi) is 4.85. The van der Waals surface area contributed by atoms with Crippen LogP contribution in [0.5, 0.6) is 11.5 Å². The molecule has 1 amide bonds. The third-order valence-corrected chi connectivity index (χ3v) is 6.11. The number of para-hydroxylation sites is 3. The number of fused-ring (bicyclic) bond motifs is 2. The van der Waals surface area contributed by atoms with Gasteiger partial charge in [0.05, 0.1) is 16.8 Å². The van der Waals surface area contributed by atoms with E-state index in [9.17, 15) is 4.79 Å². The van der Waals surface area contributed by atoms with Crippen molar-refractivity contribution in [3.8, 4) is 11.5 Å². The summed E-state index contributed by atoms with van der Waals surface area (Å²) in [6.07, 6.45) is -1.17. The Morgan fingerprint density at radius 1 is 0.933 bits per heavy atom. The highest BCUT2D eigenvalue weighted by atomic mass is 32.1. The molecule has 2 atom stereocenters. The molecule has 0 aliphatic carbocycles. The van der Waals surface area contributed by atoms with E-state index in [0.29, 0.717) is 23.2 Å². The van der Waals surface area contributed by atoms with Gasteiger partial charge in [-0.25, -0.2) is 4.98 Å². The van der Waals surface area contributed by atoms with Gasteiger partial charge in [-0.05, 0) is 36.8 Å². The van der Waals surface area contributed by atoms with Gasteiger partial charge < -0.3 is 9.47 Å². The highest BCUT2D eigenvalue weighted by molar-refractivity contribution is 7.22. The molecular weight excluding hydrogens is 396 g/mol. The molecule has 0 spiro atoms. The molecule has 0 fully saturated rings. The minimum Gasteiger partial charge on any atom is -0.482 e. The highest BCUT2D eigenvalue weighted by Crippen LogP contribution is 2.36. The van der Waals surface area contributed by atoms with E-state index in [1.807, 2.05) is 85.8 Å². The van der Waals surface area contributed by atoms with E-state index in [1.54, 1.807) is 4.90 Å². The van der Waals surface area contributed by atoms with E-state index in [-0.39, 0.29) is 5.91 Å². The molecule has 2 unspecified atom stereocenters. The molecule has 1 aliphatic heterocycles. The number of carbonyl (C=O) groups is 1. The first kappa shape index (κ1) is 18.6. The van der Waals surface area contributed by atoms with Crippen molar-refractivity contribution in [1.29, 1.82) is 0 Å². The number of nitrogens with zero attached hydrogens (tertiary/aromatic N) is 2. The van der Waals surface area contributed by atoms with Crippen LogP contribution in [0.3, 0.4) is 0 Å². The summed E-state index contributed by atoms with van der Waals surface area (Å²) in [4.78, 5) is 20.1. The molecule has 0 bridgehead atoms. The van der Waals surface area contributed by atoms with E-state index >= 15 is 0 Å². The normalized spacial score (nSPS) is 17.6. The first-order chi connectivity index (χ1) is 14.7. The fourth-order valence-corrected chi connectivity index (χ4v) is 4.50. The van der Waals surface area contributed by atoms with Crippen LogP contribution in [0, 0.1) is 0 Å². The molecular formula is C24H20N2O3S. The average Bonchev–Trinajstić information content (AvgIpc) is 3.21. The molecule has 6 heteroatoms. The molecule has 0 saturated carbocycles. The van der Waals surface area contributed by atoms with Crippen LogP contribution in [0.25, 0.3) is 10.2 Å². The third-order valence-electron chi connectivity index (χ3n) is 5.05. The Hall–Kier alpha value is -3.38. The smallest absolute Gasteiger partial charge is 0.274 e. The molecule has 0 N–H and O–H groups in total. The second kappa shape index (κ2) is 7.80. The molecule has 150 valence electrons. The van der Waals surface area contributed by atoms with E-state index in [0.717, 1.165) is 15.8 Å². The van der Waals surface area contributed by atoms with Gasteiger partial charge >= 0.3 is 0 Å². The summed E-state index contributed by atoms with van der Waals surface area (Å²) >= 11 is 1.50. The lowest BCUT2D eigenvalue weighted by atomic mass is 10.1. The highest BCUT2D eigenvalue weighted by Gasteiger charge is 2.38. The average molecular weight is 417 g/mol. The number of ether oxygens (including phenoxy) is 2. The third kappa shape index (κ3) is 3.50. The van der Waals surface area contributed by atoms with Crippen LogP contribution in [0.15, 0.2) is 78.9 Å². The minimum absolute atomic E-state index is 0.167. The second-order valence-electron chi connectivity index (χ2n) is 7.18. The fraction of sp³-hybridized carbons (Fsp3) is 0.167. The largest absolute Gasteiger partial charge is 0.482 e. The van der Waals surface area contributed by atoms with Crippen molar-refractivity contribution in [3.05, 3.63) is 84.4 Å². The molecule has 0 saturated heterocycles. The topological polar surface area (TPSA) is 51.7 Å². The van der Waals surface area contributed by atoms with Gasteiger partial charge in [0, 0.05) is 0 Å². The maximum Gasteiger partial charge on any atom is 0.274 e. The lowest BCUT2D eigenvalue weighted by Crippen LogP contribution is -2.50. The Bertz CT molecular complexity index is 1160. The van der Waals surface area contributed by atoms with Gasteiger partial charge in [0.15, 0.2) is 16.6 Å². The zero-order chi connectivity index (χ0) is 20.5. The van der Waals surface area contributed by atoms with Gasteiger partial charge in [0.25, 0.3) is 5.91 Å². The maximum absolute atomic E-state index is 13.7. The zero-order valence-electron chi connectivity index (χ0n) is 16.4. The van der Waals surface area contributed by atoms with Gasteiger partial charge in [0.1, 0.15) is 6.10 Å². The summed E-state index contributed by atoms with van der Waals surface area (Å²) in [6, 6.07) is 25.2. The summed E-state index contributed by atoms with van der Waals surface area (Å²) < 4.78 is 13.1. The molecule has 30 heavy (non-hydrogen) atoms. The first-order valence-electron chi connectivity index (χ1n) is 9.82. The number of amides is 1. The van der Waals surface area contributed by atoms with Crippen LogP contribution in [0.4, 0.5) is 5.13 Å². The Morgan fingerprint density at radius 2 is 1.60 bits per heavy atom. The van der Waals surface area contributed by atoms with E-state index in [4.69, 9.17) is 14.5 Å². The van der Waals surface area contributed by atoms with Crippen LogP contribution in [0.1, 0.15) is 12.5 Å². The SMILES string of the molecule is CC1Oc2ccccc2OC1C(=O)N(Cc1ccccc1)c1nc2ccccc2s1. The van der Waals surface area contributed by atoms with Crippen molar-refractivity contribution in [2.24, 2.45) is 0 Å². The lowest BCUT2D eigenvalue weighted by Gasteiger charge is -2.33. The predicted molar refractivity (Wildman–Crippen MR) is 118 cm³/mol. The van der Waals surface area contributed by atoms with Crippen LogP contribution in [0.2, 0.25) is 0 Å². The first-order valence-corrected chi connectivity index (χ1v) is 10.6. The number of aromatic nitrogens is 1. The van der Waals surface area contributed by atoms with Crippen LogP contribution in [-0.4, -0.2) is 23.1 Å². The van der Waals surface area contributed by atoms with E-state index < -0.39 is 12.2 Å². The van der Waals surface area contributed by atoms with Crippen molar-refractivity contribution in [3.63, 3.8) is 0 Å². The zero-order valence-corrected chi connectivity index (χ0v) is 17.2. The van der Waals surface area contributed by atoms with Crippen molar-refractivity contribution in [2.45, 2.75) is 25.7 Å². The summed E-state index contributed by atoms with van der Waals surface area (Å²) in [6.45, 7) is 2.27. The standard InChI is InChI=1S/C24H20N2O3S/c1-16-22(29-20-13-7-6-12-19(20)28-16)23(27)26(15-17-9-3-2-4-10-17)24-25-18-11-5-8-14-21(18)30-24/h2-14,16,22H,15H2,1H3. The fourth-order valence-electron chi connectivity index (χ4n) is 3.53. The summed E-state index contributed by atoms with van der Waals surface area (Å²) in [5.41, 5.74) is 1.90. The Morgan fingerprint density at radius 3 is 2.37 bits per heavy atom. The molecule has 1 aromatic heterocycles. The Labute approximate surface area is 178 Å². The van der Waals surface area contributed by atoms with Crippen LogP contribution >= 0.6 is 11.3 Å². The van der Waals surface area contributed by atoms with E-state index in [1.165, 1.54) is 11.3 Å². The number of hydrogen-bond donors (Lipinski definition) is 0. The summed E-state index contributed by atoms with van der Waals surface area (Å²) in [7, 11) is 0. The predicted octanol–water partition coefficient (Wildman–Crippen LogP) is 5.06. The molecule has 0 radical (unpaired) electrons. The van der Waals surface area contributed by atoms with Gasteiger partial charge in [-0.15, -0.1) is 0 Å². The van der Waals surface area contributed by atoms with Gasteiger partial charge in [0.2, 0.25) is 6.10 Å². The van der Waals surface area contributed by atoms with Crippen molar-refractivity contribution < 1.29 is 14.3 Å². The van der Waals surface area contributed by atoms with E-state index in [2.05, 4.69) is 0 Å². The van der Waals surface area contributed by atoms with Crippen molar-refractivity contribution >= 4 is 32.6 Å².